The molecule has 1 unspecified atom stereocenters. The molecule has 0 saturated carbocycles. The zero-order valence-electron chi connectivity index (χ0n) is 16.3. The van der Waals surface area contributed by atoms with E-state index in [9.17, 15) is 4.79 Å². The van der Waals surface area contributed by atoms with Crippen LogP contribution in [-0.2, 0) is 0 Å². The minimum atomic E-state index is 0.0945. The number of carbonyl (C=O) groups excluding carboxylic acids is 1. The molecule has 1 aliphatic carbocycles. The van der Waals surface area contributed by atoms with Gasteiger partial charge in [0.2, 0.25) is 0 Å². The Balaban J connectivity index is 2.02. The van der Waals surface area contributed by atoms with E-state index in [1.165, 1.54) is 22.3 Å². The molecule has 0 heterocycles. The molecule has 0 amide bonds. The second kappa shape index (κ2) is 6.66. The molecule has 1 heteroatoms. The first kappa shape index (κ1) is 17.5. The Kier molecular flexibility index (Phi) is 4.31. The first-order valence-electron chi connectivity index (χ1n) is 9.51. The summed E-state index contributed by atoms with van der Waals surface area (Å²) in [5, 5.41) is 2.13. The highest BCUT2D eigenvalue weighted by molar-refractivity contribution is 6.19. The van der Waals surface area contributed by atoms with Gasteiger partial charge >= 0.3 is 0 Å². The molecule has 0 radical (unpaired) electrons. The van der Waals surface area contributed by atoms with E-state index in [0.717, 1.165) is 27.5 Å². The van der Waals surface area contributed by atoms with Gasteiger partial charge in [0.15, 0.2) is 5.78 Å². The first-order chi connectivity index (χ1) is 13.0. The van der Waals surface area contributed by atoms with Crippen LogP contribution in [0.2, 0.25) is 0 Å². The largest absolute Gasteiger partial charge is 0.289 e. The monoisotopic (exact) mass is 352 g/mol. The molecule has 3 aromatic rings. The Morgan fingerprint density at radius 2 is 1.44 bits per heavy atom. The van der Waals surface area contributed by atoms with Gasteiger partial charge in [-0.05, 0) is 53.8 Å². The third-order valence-corrected chi connectivity index (χ3v) is 6.12. The summed E-state index contributed by atoms with van der Waals surface area (Å²) < 4.78 is 0. The van der Waals surface area contributed by atoms with Crippen molar-refractivity contribution in [1.82, 2.24) is 0 Å². The van der Waals surface area contributed by atoms with Crippen LogP contribution in [0.5, 0.6) is 0 Å². The first-order valence-corrected chi connectivity index (χ1v) is 9.51. The number of rotatable bonds is 3. The number of fused-ring (bicyclic) bond motifs is 1. The Bertz CT molecular complexity index is 1110. The third kappa shape index (κ3) is 2.75. The van der Waals surface area contributed by atoms with E-state index in [1.54, 1.807) is 0 Å². The van der Waals surface area contributed by atoms with Crippen molar-refractivity contribution in [3.63, 3.8) is 0 Å². The molecular weight excluding hydrogens is 328 g/mol. The standard InChI is InChI=1S/C26H24O/c1-16-17(2)19(4)24(18(16)3)23-15-14-20-10-8-9-13-22(20)25(23)26(27)21-11-6-5-7-12-21/h5-15,18H,1-4H3. The highest BCUT2D eigenvalue weighted by Crippen LogP contribution is 2.44. The summed E-state index contributed by atoms with van der Waals surface area (Å²) in [6.07, 6.45) is 0. The Morgan fingerprint density at radius 3 is 2.11 bits per heavy atom. The lowest BCUT2D eigenvalue weighted by molar-refractivity contribution is 0.104. The van der Waals surface area contributed by atoms with Crippen LogP contribution in [0.15, 0.2) is 83.4 Å². The molecule has 0 saturated heterocycles. The van der Waals surface area contributed by atoms with E-state index in [0.29, 0.717) is 5.92 Å². The number of hydrogen-bond acceptors (Lipinski definition) is 1. The van der Waals surface area contributed by atoms with Crippen molar-refractivity contribution in [1.29, 1.82) is 0 Å². The van der Waals surface area contributed by atoms with E-state index >= 15 is 0 Å². The van der Waals surface area contributed by atoms with Crippen LogP contribution in [0.1, 0.15) is 49.2 Å². The van der Waals surface area contributed by atoms with Crippen LogP contribution >= 0.6 is 0 Å². The predicted octanol–water partition coefficient (Wildman–Crippen LogP) is 6.83. The van der Waals surface area contributed by atoms with Gasteiger partial charge in [-0.25, -0.2) is 0 Å². The van der Waals surface area contributed by atoms with Gasteiger partial charge in [-0.3, -0.25) is 4.79 Å². The summed E-state index contributed by atoms with van der Waals surface area (Å²) in [6.45, 7) is 8.82. The average Bonchev–Trinajstić information content (AvgIpc) is 2.90. The summed E-state index contributed by atoms with van der Waals surface area (Å²) in [5.41, 5.74) is 7.97. The number of ketones is 1. The van der Waals surface area contributed by atoms with Gasteiger partial charge in [0.25, 0.3) is 0 Å². The van der Waals surface area contributed by atoms with Crippen LogP contribution in [0, 0.1) is 5.92 Å². The van der Waals surface area contributed by atoms with Crippen LogP contribution in [0.4, 0.5) is 0 Å². The maximum absolute atomic E-state index is 13.6. The van der Waals surface area contributed by atoms with Crippen molar-refractivity contribution in [2.45, 2.75) is 27.7 Å². The smallest absolute Gasteiger partial charge is 0.194 e. The topological polar surface area (TPSA) is 17.1 Å². The fraction of sp³-hybridized carbons (Fsp3) is 0.192. The number of hydrogen-bond donors (Lipinski definition) is 0. The molecule has 27 heavy (non-hydrogen) atoms. The second-order valence-electron chi connectivity index (χ2n) is 7.47. The summed E-state index contributed by atoms with van der Waals surface area (Å²) >= 11 is 0. The van der Waals surface area contributed by atoms with Crippen molar-refractivity contribution in [2.75, 3.05) is 0 Å². The van der Waals surface area contributed by atoms with Gasteiger partial charge < -0.3 is 0 Å². The van der Waals surface area contributed by atoms with E-state index in [1.807, 2.05) is 42.5 Å². The number of carbonyl (C=O) groups is 1. The molecule has 4 rings (SSSR count). The van der Waals surface area contributed by atoms with Gasteiger partial charge in [0.1, 0.15) is 0 Å². The minimum absolute atomic E-state index is 0.0945. The van der Waals surface area contributed by atoms with Crippen LogP contribution < -0.4 is 0 Å². The zero-order valence-corrected chi connectivity index (χ0v) is 16.3. The summed E-state index contributed by atoms with van der Waals surface area (Å²) in [6, 6.07) is 22.1. The SMILES string of the molecule is CC1=C(C)C(C)C(c2ccc3ccccc3c2C(=O)c2ccccc2)=C1C. The van der Waals surface area contributed by atoms with Crippen molar-refractivity contribution in [2.24, 2.45) is 5.92 Å². The molecule has 1 atom stereocenters. The average molecular weight is 352 g/mol. The summed E-state index contributed by atoms with van der Waals surface area (Å²) in [4.78, 5) is 13.6. The molecule has 0 bridgehead atoms. The lowest BCUT2D eigenvalue weighted by atomic mass is 9.84. The molecule has 134 valence electrons. The highest BCUT2D eigenvalue weighted by atomic mass is 16.1. The molecule has 1 aliphatic rings. The normalized spacial score (nSPS) is 17.1. The second-order valence-corrected chi connectivity index (χ2v) is 7.47. The van der Waals surface area contributed by atoms with Crippen LogP contribution in [0.25, 0.3) is 16.3 Å². The van der Waals surface area contributed by atoms with Gasteiger partial charge in [0, 0.05) is 17.0 Å². The van der Waals surface area contributed by atoms with E-state index in [2.05, 4.69) is 52.0 Å². The van der Waals surface area contributed by atoms with Gasteiger partial charge in [-0.1, -0.05) is 79.2 Å². The minimum Gasteiger partial charge on any atom is -0.289 e. The molecule has 3 aromatic carbocycles. The lowest BCUT2D eigenvalue weighted by Crippen LogP contribution is -2.09. The number of allylic oxidation sites excluding steroid dienone is 4. The lowest BCUT2D eigenvalue weighted by Gasteiger charge is -2.19. The highest BCUT2D eigenvalue weighted by Gasteiger charge is 2.28. The zero-order chi connectivity index (χ0) is 19.1. The van der Waals surface area contributed by atoms with Crippen LogP contribution in [0.3, 0.4) is 0 Å². The van der Waals surface area contributed by atoms with E-state index < -0.39 is 0 Å². The molecule has 0 spiro atoms. The molecule has 0 aromatic heterocycles. The third-order valence-electron chi connectivity index (χ3n) is 6.12. The Labute approximate surface area is 161 Å². The van der Waals surface area contributed by atoms with Gasteiger partial charge in [0.05, 0.1) is 0 Å². The Hall–Kier alpha value is -2.93. The Morgan fingerprint density at radius 1 is 0.778 bits per heavy atom. The molecule has 0 fully saturated rings. The fourth-order valence-corrected chi connectivity index (χ4v) is 4.27. The molecular formula is C26H24O. The van der Waals surface area contributed by atoms with Crippen molar-refractivity contribution in [3.05, 3.63) is 100 Å². The molecule has 0 N–H and O–H groups in total. The van der Waals surface area contributed by atoms with Crippen molar-refractivity contribution >= 4 is 22.1 Å². The summed E-state index contributed by atoms with van der Waals surface area (Å²) in [7, 11) is 0. The maximum atomic E-state index is 13.6. The van der Waals surface area contributed by atoms with E-state index in [4.69, 9.17) is 0 Å². The fourth-order valence-electron chi connectivity index (χ4n) is 4.27. The molecule has 0 aliphatic heterocycles. The maximum Gasteiger partial charge on any atom is 0.194 e. The number of benzene rings is 3. The van der Waals surface area contributed by atoms with Gasteiger partial charge in [-0.2, -0.15) is 0 Å². The molecule has 1 nitrogen and oxygen atoms in total. The van der Waals surface area contributed by atoms with Gasteiger partial charge in [-0.15, -0.1) is 0 Å². The van der Waals surface area contributed by atoms with Crippen molar-refractivity contribution in [3.8, 4) is 0 Å². The van der Waals surface area contributed by atoms with Crippen LogP contribution in [-0.4, -0.2) is 5.78 Å². The van der Waals surface area contributed by atoms with E-state index in [-0.39, 0.29) is 5.78 Å². The predicted molar refractivity (Wildman–Crippen MR) is 114 cm³/mol. The summed E-state index contributed by atoms with van der Waals surface area (Å²) in [5.74, 6) is 0.422. The van der Waals surface area contributed by atoms with Crippen molar-refractivity contribution < 1.29 is 4.79 Å². The quantitative estimate of drug-likeness (QED) is 0.472.